The Morgan fingerprint density at radius 2 is 1.60 bits per heavy atom. The lowest BCUT2D eigenvalue weighted by Crippen LogP contribution is -2.31. The van der Waals surface area contributed by atoms with Gasteiger partial charge < -0.3 is 10.1 Å². The van der Waals surface area contributed by atoms with Crippen LogP contribution in [0.5, 0.6) is 5.75 Å². The Kier molecular flexibility index (Phi) is 8.77. The minimum Gasteiger partial charge on any atom is -0.494 e. The molecule has 0 atom stereocenters. The summed E-state index contributed by atoms with van der Waals surface area (Å²) in [5.74, 6) is 0.804. The molecule has 4 rings (SSSR count). The lowest BCUT2D eigenvalue weighted by Gasteiger charge is -2.20. The third-order valence-electron chi connectivity index (χ3n) is 6.40. The first-order valence-corrected chi connectivity index (χ1v) is 13.9. The zero-order valence-corrected chi connectivity index (χ0v) is 20.9. The predicted molar refractivity (Wildman–Crippen MR) is 139 cm³/mol. The van der Waals surface area contributed by atoms with Crippen LogP contribution in [0.4, 0.5) is 0 Å². The first-order valence-electron chi connectivity index (χ1n) is 12.5. The predicted octanol–water partition coefficient (Wildman–Crippen LogP) is 4.92. The fourth-order valence-electron chi connectivity index (χ4n) is 4.37. The summed E-state index contributed by atoms with van der Waals surface area (Å²) in [5, 5.41) is 5.25. The van der Waals surface area contributed by atoms with Crippen LogP contribution in [0.2, 0.25) is 0 Å². The maximum absolute atomic E-state index is 12.9. The van der Waals surface area contributed by atoms with Crippen molar-refractivity contribution in [1.82, 2.24) is 9.62 Å². The highest BCUT2D eigenvalue weighted by Gasteiger charge is 2.24. The van der Waals surface area contributed by atoms with Gasteiger partial charge in [0.2, 0.25) is 15.9 Å². The van der Waals surface area contributed by atoms with Crippen molar-refractivity contribution in [3.63, 3.8) is 0 Å². The van der Waals surface area contributed by atoms with Gasteiger partial charge in [0.25, 0.3) is 0 Å². The number of amides is 1. The molecule has 6 nitrogen and oxygen atoms in total. The molecule has 0 saturated carbocycles. The zero-order chi connectivity index (χ0) is 24.5. The molecule has 0 spiro atoms. The molecule has 0 unspecified atom stereocenters. The van der Waals surface area contributed by atoms with E-state index in [0.717, 1.165) is 42.4 Å². The smallest absolute Gasteiger partial charge is 0.243 e. The van der Waals surface area contributed by atoms with Gasteiger partial charge in [-0.15, -0.1) is 0 Å². The van der Waals surface area contributed by atoms with Crippen molar-refractivity contribution >= 4 is 26.7 Å². The highest BCUT2D eigenvalue weighted by atomic mass is 32.2. The van der Waals surface area contributed by atoms with Crippen molar-refractivity contribution in [1.29, 1.82) is 0 Å². The van der Waals surface area contributed by atoms with Crippen LogP contribution in [0.25, 0.3) is 10.8 Å². The highest BCUT2D eigenvalue weighted by Crippen LogP contribution is 2.22. The molecule has 0 aliphatic carbocycles. The van der Waals surface area contributed by atoms with E-state index in [9.17, 15) is 13.2 Å². The second kappa shape index (κ2) is 12.2. The van der Waals surface area contributed by atoms with Crippen molar-refractivity contribution in [2.24, 2.45) is 0 Å². The van der Waals surface area contributed by atoms with Crippen LogP contribution in [0.3, 0.4) is 0 Å². The van der Waals surface area contributed by atoms with Crippen LogP contribution in [0.15, 0.2) is 71.6 Å². The van der Waals surface area contributed by atoms with E-state index in [1.807, 2.05) is 42.5 Å². The third kappa shape index (κ3) is 7.05. The Morgan fingerprint density at radius 3 is 2.34 bits per heavy atom. The quantitative estimate of drug-likeness (QED) is 0.406. The molecule has 1 aliphatic heterocycles. The molecule has 1 amide bonds. The molecule has 186 valence electrons. The largest absolute Gasteiger partial charge is 0.494 e. The summed E-state index contributed by atoms with van der Waals surface area (Å²) in [4.78, 5) is 12.5. The maximum atomic E-state index is 12.9. The fraction of sp³-hybridized carbons (Fsp3) is 0.393. The van der Waals surface area contributed by atoms with E-state index in [1.165, 1.54) is 5.39 Å². The van der Waals surface area contributed by atoms with Gasteiger partial charge in [0.1, 0.15) is 5.75 Å². The molecule has 0 aromatic heterocycles. The minimum atomic E-state index is -3.43. The second-order valence-corrected chi connectivity index (χ2v) is 11.0. The van der Waals surface area contributed by atoms with Crippen molar-refractivity contribution in [3.05, 3.63) is 72.3 Å². The number of carbonyl (C=O) groups excluding carboxylic acids is 1. The molecule has 1 heterocycles. The molecule has 1 fully saturated rings. The molecule has 1 N–H and O–H groups in total. The summed E-state index contributed by atoms with van der Waals surface area (Å²) in [6.45, 7) is 2.20. The summed E-state index contributed by atoms with van der Waals surface area (Å²) < 4.78 is 33.2. The van der Waals surface area contributed by atoms with Gasteiger partial charge in [-0.25, -0.2) is 8.42 Å². The SMILES string of the molecule is O=C(CCCOc1ccc2ccccc2c1)NCCc1ccc(S(=O)(=O)N2CCCCCC2)cc1. The average Bonchev–Trinajstić information content (AvgIpc) is 3.17. The van der Waals surface area contributed by atoms with E-state index >= 15 is 0 Å². The van der Waals surface area contributed by atoms with Gasteiger partial charge in [0.15, 0.2) is 0 Å². The molecule has 1 saturated heterocycles. The summed E-state index contributed by atoms with van der Waals surface area (Å²) in [6.07, 6.45) is 5.73. The van der Waals surface area contributed by atoms with Crippen LogP contribution in [0.1, 0.15) is 44.1 Å². The Hall–Kier alpha value is -2.90. The number of hydrogen-bond acceptors (Lipinski definition) is 4. The van der Waals surface area contributed by atoms with Crippen molar-refractivity contribution < 1.29 is 17.9 Å². The molecule has 7 heteroatoms. The number of fused-ring (bicyclic) bond motifs is 1. The van der Waals surface area contributed by atoms with Crippen molar-refractivity contribution in [3.8, 4) is 5.75 Å². The molecule has 1 aliphatic rings. The number of nitrogens with zero attached hydrogens (tertiary/aromatic N) is 1. The summed E-state index contributed by atoms with van der Waals surface area (Å²) in [5.41, 5.74) is 1.000. The number of benzene rings is 3. The molecule has 0 bridgehead atoms. The van der Waals surface area contributed by atoms with Gasteiger partial charge in [-0.2, -0.15) is 4.31 Å². The van der Waals surface area contributed by atoms with Crippen LogP contribution in [0, 0.1) is 0 Å². The zero-order valence-electron chi connectivity index (χ0n) is 20.1. The van der Waals surface area contributed by atoms with Crippen LogP contribution in [-0.2, 0) is 21.2 Å². The normalized spacial score (nSPS) is 15.0. The molecular weight excluding hydrogens is 460 g/mol. The second-order valence-electron chi connectivity index (χ2n) is 9.02. The van der Waals surface area contributed by atoms with Gasteiger partial charge in [-0.05, 0) is 66.3 Å². The number of sulfonamides is 1. The van der Waals surface area contributed by atoms with Crippen LogP contribution >= 0.6 is 0 Å². The Balaban J connectivity index is 1.16. The Bertz CT molecular complexity index is 1220. The lowest BCUT2D eigenvalue weighted by atomic mass is 10.1. The van der Waals surface area contributed by atoms with Gasteiger partial charge in [-0.1, -0.05) is 55.3 Å². The summed E-state index contributed by atoms with van der Waals surface area (Å²) in [7, 11) is -3.43. The molecular formula is C28H34N2O4S. The van der Waals surface area contributed by atoms with Gasteiger partial charge in [0, 0.05) is 26.1 Å². The van der Waals surface area contributed by atoms with Gasteiger partial charge in [0.05, 0.1) is 11.5 Å². The maximum Gasteiger partial charge on any atom is 0.243 e. The van der Waals surface area contributed by atoms with E-state index in [-0.39, 0.29) is 5.91 Å². The number of ether oxygens (including phenoxy) is 1. The first kappa shape index (κ1) is 25.2. The number of rotatable bonds is 10. The van der Waals surface area contributed by atoms with Crippen molar-refractivity contribution in [2.75, 3.05) is 26.2 Å². The Morgan fingerprint density at radius 1 is 0.886 bits per heavy atom. The Labute approximate surface area is 208 Å². The van der Waals surface area contributed by atoms with E-state index in [4.69, 9.17) is 4.74 Å². The number of carbonyl (C=O) groups is 1. The van der Waals surface area contributed by atoms with Crippen LogP contribution < -0.4 is 10.1 Å². The number of nitrogens with one attached hydrogen (secondary N) is 1. The topological polar surface area (TPSA) is 75.7 Å². The van der Waals surface area contributed by atoms with E-state index < -0.39 is 10.0 Å². The molecule has 35 heavy (non-hydrogen) atoms. The highest BCUT2D eigenvalue weighted by molar-refractivity contribution is 7.89. The molecule has 3 aromatic carbocycles. The van der Waals surface area contributed by atoms with E-state index in [1.54, 1.807) is 16.4 Å². The van der Waals surface area contributed by atoms with Gasteiger partial charge >= 0.3 is 0 Å². The molecule has 0 radical (unpaired) electrons. The monoisotopic (exact) mass is 494 g/mol. The van der Waals surface area contributed by atoms with E-state index in [0.29, 0.717) is 50.4 Å². The lowest BCUT2D eigenvalue weighted by molar-refractivity contribution is -0.121. The first-order chi connectivity index (χ1) is 17.0. The molecule has 3 aromatic rings. The average molecular weight is 495 g/mol. The number of hydrogen-bond donors (Lipinski definition) is 1. The fourth-order valence-corrected chi connectivity index (χ4v) is 5.89. The minimum absolute atomic E-state index is 0.00697. The van der Waals surface area contributed by atoms with Crippen LogP contribution in [-0.4, -0.2) is 44.9 Å². The van der Waals surface area contributed by atoms with E-state index in [2.05, 4.69) is 17.4 Å². The van der Waals surface area contributed by atoms with Gasteiger partial charge in [-0.3, -0.25) is 4.79 Å². The standard InChI is InChI=1S/C28H34N2O4S/c31-28(10-7-21-34-26-14-13-24-8-3-4-9-25(24)22-26)29-18-17-23-11-15-27(16-12-23)35(32,33)30-19-5-1-2-6-20-30/h3-4,8-9,11-16,22H,1-2,5-7,10,17-21H2,(H,29,31). The van der Waals surface area contributed by atoms with Crippen molar-refractivity contribution in [2.45, 2.75) is 49.8 Å². The summed E-state index contributed by atoms with van der Waals surface area (Å²) >= 11 is 0. The summed E-state index contributed by atoms with van der Waals surface area (Å²) in [6, 6.07) is 21.2. The third-order valence-corrected chi connectivity index (χ3v) is 8.31.